The zero-order valence-electron chi connectivity index (χ0n) is 16.3. The van der Waals surface area contributed by atoms with Gasteiger partial charge in [0.2, 0.25) is 0 Å². The summed E-state index contributed by atoms with van der Waals surface area (Å²) >= 11 is 0. The van der Waals surface area contributed by atoms with E-state index in [1.165, 1.54) is 0 Å². The van der Waals surface area contributed by atoms with Crippen molar-refractivity contribution in [3.8, 4) is 0 Å². The number of hydrogen-bond acceptors (Lipinski definition) is 4. The van der Waals surface area contributed by atoms with Gasteiger partial charge in [0.1, 0.15) is 0 Å². The van der Waals surface area contributed by atoms with Gasteiger partial charge in [-0.1, -0.05) is 27.7 Å². The standard InChI is InChI=1S/C19H36O4/c1-9-13-10-14(21-18(5,6)20-13)11-15-12-16(17(2,3)4)23-19(7,8)22-15/h13-16H,9-12H2,1-8H3/t13-,14+,15-,16-/m1/s1. The third-order valence-electron chi connectivity index (χ3n) is 4.73. The van der Waals surface area contributed by atoms with Crippen LogP contribution in [0.5, 0.6) is 0 Å². The van der Waals surface area contributed by atoms with Gasteiger partial charge in [0.25, 0.3) is 0 Å². The number of ether oxygens (including phenoxy) is 4. The lowest BCUT2D eigenvalue weighted by molar-refractivity contribution is -0.333. The average molecular weight is 328 g/mol. The molecule has 0 amide bonds. The second kappa shape index (κ2) is 6.62. The Kier molecular flexibility index (Phi) is 5.52. The molecule has 4 heteroatoms. The highest BCUT2D eigenvalue weighted by Gasteiger charge is 2.43. The average Bonchev–Trinajstić information content (AvgIpc) is 2.33. The quantitative estimate of drug-likeness (QED) is 0.755. The molecule has 0 aromatic carbocycles. The van der Waals surface area contributed by atoms with Crippen molar-refractivity contribution in [2.24, 2.45) is 5.41 Å². The van der Waals surface area contributed by atoms with E-state index in [4.69, 9.17) is 18.9 Å². The fourth-order valence-corrected chi connectivity index (χ4v) is 3.69. The maximum Gasteiger partial charge on any atom is 0.163 e. The van der Waals surface area contributed by atoms with Crippen molar-refractivity contribution >= 4 is 0 Å². The second-order valence-corrected chi connectivity index (χ2v) is 9.11. The van der Waals surface area contributed by atoms with Crippen LogP contribution in [0.4, 0.5) is 0 Å². The van der Waals surface area contributed by atoms with Crippen LogP contribution < -0.4 is 0 Å². The Morgan fingerprint density at radius 1 is 0.783 bits per heavy atom. The fraction of sp³-hybridized carbons (Fsp3) is 1.00. The van der Waals surface area contributed by atoms with Crippen molar-refractivity contribution in [3.63, 3.8) is 0 Å². The van der Waals surface area contributed by atoms with Gasteiger partial charge in [-0.2, -0.15) is 0 Å². The summed E-state index contributed by atoms with van der Waals surface area (Å²) in [5.74, 6) is -1.04. The molecular formula is C19H36O4. The van der Waals surface area contributed by atoms with E-state index in [-0.39, 0.29) is 29.8 Å². The van der Waals surface area contributed by atoms with Crippen LogP contribution in [0.15, 0.2) is 0 Å². The second-order valence-electron chi connectivity index (χ2n) is 9.11. The van der Waals surface area contributed by atoms with Gasteiger partial charge in [-0.3, -0.25) is 0 Å². The van der Waals surface area contributed by atoms with Crippen LogP contribution in [0.1, 0.15) is 81.1 Å². The first-order valence-electron chi connectivity index (χ1n) is 9.11. The topological polar surface area (TPSA) is 36.9 Å². The summed E-state index contributed by atoms with van der Waals surface area (Å²) in [7, 11) is 0. The van der Waals surface area contributed by atoms with Gasteiger partial charge >= 0.3 is 0 Å². The van der Waals surface area contributed by atoms with Crippen LogP contribution in [-0.2, 0) is 18.9 Å². The molecule has 0 spiro atoms. The maximum atomic E-state index is 6.20. The Bertz CT molecular complexity index is 397. The van der Waals surface area contributed by atoms with E-state index in [0.717, 1.165) is 25.7 Å². The lowest BCUT2D eigenvalue weighted by Crippen LogP contribution is -2.51. The van der Waals surface area contributed by atoms with E-state index in [1.807, 2.05) is 27.7 Å². The predicted molar refractivity (Wildman–Crippen MR) is 91.2 cm³/mol. The van der Waals surface area contributed by atoms with Gasteiger partial charge in [-0.25, -0.2) is 0 Å². The molecule has 4 atom stereocenters. The Hall–Kier alpha value is -0.160. The minimum absolute atomic E-state index is 0.112. The Morgan fingerprint density at radius 2 is 1.26 bits per heavy atom. The van der Waals surface area contributed by atoms with Crippen LogP contribution in [-0.4, -0.2) is 36.0 Å². The molecule has 0 radical (unpaired) electrons. The van der Waals surface area contributed by atoms with Crippen LogP contribution in [0.2, 0.25) is 0 Å². The Morgan fingerprint density at radius 3 is 1.78 bits per heavy atom. The van der Waals surface area contributed by atoms with Crippen molar-refractivity contribution in [1.82, 2.24) is 0 Å². The minimum atomic E-state index is -0.536. The highest BCUT2D eigenvalue weighted by Crippen LogP contribution is 2.39. The molecule has 2 heterocycles. The summed E-state index contributed by atoms with van der Waals surface area (Å²) in [5.41, 5.74) is 0.112. The molecule has 0 aromatic rings. The molecule has 4 nitrogen and oxygen atoms in total. The zero-order chi connectivity index (χ0) is 17.5. The van der Waals surface area contributed by atoms with Gasteiger partial charge in [-0.15, -0.1) is 0 Å². The number of hydrogen-bond donors (Lipinski definition) is 0. The first-order valence-corrected chi connectivity index (χ1v) is 9.11. The van der Waals surface area contributed by atoms with Crippen molar-refractivity contribution < 1.29 is 18.9 Å². The molecule has 0 bridgehead atoms. The lowest BCUT2D eigenvalue weighted by Gasteiger charge is -2.47. The van der Waals surface area contributed by atoms with E-state index in [9.17, 15) is 0 Å². The number of rotatable bonds is 3. The van der Waals surface area contributed by atoms with Crippen molar-refractivity contribution in [3.05, 3.63) is 0 Å². The summed E-state index contributed by atoms with van der Waals surface area (Å²) in [6.45, 7) is 16.9. The molecule has 0 N–H and O–H groups in total. The van der Waals surface area contributed by atoms with E-state index in [2.05, 4.69) is 27.7 Å². The summed E-state index contributed by atoms with van der Waals surface area (Å²) in [5, 5.41) is 0. The van der Waals surface area contributed by atoms with Crippen LogP contribution in [0.25, 0.3) is 0 Å². The summed E-state index contributed by atoms with van der Waals surface area (Å²) < 4.78 is 24.5. The smallest absolute Gasteiger partial charge is 0.163 e. The first-order chi connectivity index (χ1) is 10.4. The normalized spacial score (nSPS) is 37.6. The molecule has 2 fully saturated rings. The lowest BCUT2D eigenvalue weighted by atomic mass is 9.83. The van der Waals surface area contributed by atoms with E-state index in [0.29, 0.717) is 0 Å². The molecule has 136 valence electrons. The van der Waals surface area contributed by atoms with Crippen molar-refractivity contribution in [2.45, 2.75) is 117 Å². The third kappa shape index (κ3) is 5.42. The molecule has 2 aliphatic rings. The SMILES string of the molecule is CC[C@@H]1C[C@@H](C[C@@H]2C[C@H](C(C)(C)C)OC(C)(C)O2)OC(C)(C)O1. The summed E-state index contributed by atoms with van der Waals surface area (Å²) in [4.78, 5) is 0. The van der Waals surface area contributed by atoms with Gasteiger partial charge in [-0.05, 0) is 39.5 Å². The van der Waals surface area contributed by atoms with Crippen molar-refractivity contribution in [2.75, 3.05) is 0 Å². The monoisotopic (exact) mass is 328 g/mol. The Balaban J connectivity index is 2.03. The Labute approximate surface area is 142 Å². The highest BCUT2D eigenvalue weighted by atomic mass is 16.7. The van der Waals surface area contributed by atoms with Gasteiger partial charge in [0.15, 0.2) is 11.6 Å². The van der Waals surface area contributed by atoms with Crippen LogP contribution in [0.3, 0.4) is 0 Å². The molecule has 0 aliphatic carbocycles. The predicted octanol–water partition coefficient (Wildman–Crippen LogP) is 4.65. The van der Waals surface area contributed by atoms with Gasteiger partial charge < -0.3 is 18.9 Å². The van der Waals surface area contributed by atoms with Crippen LogP contribution in [0, 0.1) is 5.41 Å². The van der Waals surface area contributed by atoms with Crippen molar-refractivity contribution in [1.29, 1.82) is 0 Å². The van der Waals surface area contributed by atoms with Crippen LogP contribution >= 0.6 is 0 Å². The summed E-state index contributed by atoms with van der Waals surface area (Å²) in [6.07, 6.45) is 4.62. The van der Waals surface area contributed by atoms with Gasteiger partial charge in [0, 0.05) is 19.3 Å². The largest absolute Gasteiger partial charge is 0.347 e. The van der Waals surface area contributed by atoms with E-state index in [1.54, 1.807) is 0 Å². The molecule has 0 unspecified atom stereocenters. The third-order valence-corrected chi connectivity index (χ3v) is 4.73. The molecule has 2 rings (SSSR count). The molecule has 23 heavy (non-hydrogen) atoms. The fourth-order valence-electron chi connectivity index (χ4n) is 3.69. The zero-order valence-corrected chi connectivity index (χ0v) is 16.3. The molecule has 2 aliphatic heterocycles. The minimum Gasteiger partial charge on any atom is -0.347 e. The molecule has 0 saturated carbocycles. The maximum absolute atomic E-state index is 6.20. The van der Waals surface area contributed by atoms with Gasteiger partial charge in [0.05, 0.1) is 24.4 Å². The molecule has 0 aromatic heterocycles. The van der Waals surface area contributed by atoms with E-state index >= 15 is 0 Å². The molecular weight excluding hydrogens is 292 g/mol. The first kappa shape index (κ1) is 19.2. The molecule has 2 saturated heterocycles. The van der Waals surface area contributed by atoms with E-state index < -0.39 is 11.6 Å². The highest BCUT2D eigenvalue weighted by molar-refractivity contribution is 4.87. The summed E-state index contributed by atoms with van der Waals surface area (Å²) in [6, 6.07) is 0.